The molecule has 5 rings (SSSR count). The lowest BCUT2D eigenvalue weighted by Gasteiger charge is -2.09. The summed E-state index contributed by atoms with van der Waals surface area (Å²) < 4.78 is 5.27. The number of ether oxygens (including phenoxy) is 1. The molecule has 1 heterocycles. The van der Waals surface area contributed by atoms with Crippen molar-refractivity contribution in [3.05, 3.63) is 103 Å². The van der Waals surface area contributed by atoms with Crippen LogP contribution < -0.4 is 10.2 Å². The van der Waals surface area contributed by atoms with Gasteiger partial charge in [0.25, 0.3) is 0 Å². The summed E-state index contributed by atoms with van der Waals surface area (Å²) in [5, 5.41) is 16.6. The molecule has 6 heteroatoms. The zero-order valence-electron chi connectivity index (χ0n) is 18.5. The van der Waals surface area contributed by atoms with Gasteiger partial charge in [0.15, 0.2) is 0 Å². The molecule has 0 spiro atoms. The van der Waals surface area contributed by atoms with Crippen molar-refractivity contribution in [3.63, 3.8) is 0 Å². The Morgan fingerprint density at radius 1 is 0.794 bits per heavy atom. The highest BCUT2D eigenvalue weighted by atomic mass is 16.5. The number of aromatic hydroxyl groups is 1. The summed E-state index contributed by atoms with van der Waals surface area (Å²) in [6.45, 7) is 0. The number of hydrogen-bond acceptors (Lipinski definition) is 6. The normalized spacial score (nSPS) is 11.1. The number of benzene rings is 4. The number of hydrogen-bond donors (Lipinski definition) is 2. The molecule has 0 saturated carbocycles. The maximum atomic E-state index is 10.4. The minimum Gasteiger partial charge on any atom is -0.507 e. The topological polar surface area (TPSA) is 79.6 Å². The molecule has 166 valence electrons. The Morgan fingerprint density at radius 2 is 1.47 bits per heavy atom. The first-order valence-corrected chi connectivity index (χ1v) is 10.8. The predicted octanol–water partition coefficient (Wildman–Crippen LogP) is 6.12. The first-order chi connectivity index (χ1) is 16.7. The van der Waals surface area contributed by atoms with Crippen LogP contribution >= 0.6 is 0 Å². The van der Waals surface area contributed by atoms with Gasteiger partial charge in [-0.2, -0.15) is 5.10 Å². The molecule has 0 radical (unpaired) electrons. The van der Waals surface area contributed by atoms with Crippen molar-refractivity contribution in [2.24, 2.45) is 5.10 Å². The Bertz CT molecular complexity index is 1470. The van der Waals surface area contributed by atoms with E-state index >= 15 is 0 Å². The number of rotatable bonds is 6. The summed E-state index contributed by atoms with van der Waals surface area (Å²) in [5.74, 6) is 1.28. The third kappa shape index (κ3) is 4.42. The number of fused-ring (bicyclic) bond motifs is 1. The van der Waals surface area contributed by atoms with Crippen molar-refractivity contribution in [2.45, 2.75) is 0 Å². The lowest BCUT2D eigenvalue weighted by molar-refractivity contribution is 0.415. The number of nitrogens with zero attached hydrogens (tertiary/aromatic N) is 3. The molecule has 0 atom stereocenters. The van der Waals surface area contributed by atoms with Gasteiger partial charge in [-0.05, 0) is 47.2 Å². The molecule has 0 aliphatic carbocycles. The van der Waals surface area contributed by atoms with Crippen LogP contribution in [0.25, 0.3) is 33.3 Å². The molecule has 4 aromatic carbocycles. The van der Waals surface area contributed by atoms with E-state index in [1.54, 1.807) is 19.4 Å². The molecule has 0 saturated heterocycles. The van der Waals surface area contributed by atoms with Crippen molar-refractivity contribution in [3.8, 4) is 34.0 Å². The monoisotopic (exact) mass is 446 g/mol. The first-order valence-electron chi connectivity index (χ1n) is 10.8. The molecule has 0 bridgehead atoms. The highest BCUT2D eigenvalue weighted by molar-refractivity contribution is 6.02. The van der Waals surface area contributed by atoms with E-state index in [0.29, 0.717) is 11.5 Å². The molecule has 0 aliphatic heterocycles. The molecule has 0 unspecified atom stereocenters. The van der Waals surface area contributed by atoms with Crippen LogP contribution in [0.3, 0.4) is 0 Å². The van der Waals surface area contributed by atoms with E-state index in [1.165, 1.54) is 0 Å². The van der Waals surface area contributed by atoms with Gasteiger partial charge in [-0.15, -0.1) is 0 Å². The van der Waals surface area contributed by atoms with Crippen LogP contribution in [0.4, 0.5) is 5.95 Å². The fraction of sp³-hybridized carbons (Fsp3) is 0.0357. The number of methoxy groups -OCH3 is 1. The summed E-state index contributed by atoms with van der Waals surface area (Å²) >= 11 is 0. The Kier molecular flexibility index (Phi) is 5.86. The highest BCUT2D eigenvalue weighted by Gasteiger charge is 2.09. The van der Waals surface area contributed by atoms with E-state index in [9.17, 15) is 5.11 Å². The third-order valence-corrected chi connectivity index (χ3v) is 5.49. The lowest BCUT2D eigenvalue weighted by Crippen LogP contribution is -2.00. The van der Waals surface area contributed by atoms with Gasteiger partial charge >= 0.3 is 0 Å². The minimum atomic E-state index is 0.155. The summed E-state index contributed by atoms with van der Waals surface area (Å²) in [4.78, 5) is 9.32. The first kappa shape index (κ1) is 21.2. The fourth-order valence-corrected chi connectivity index (χ4v) is 3.74. The van der Waals surface area contributed by atoms with Gasteiger partial charge in [0.05, 0.1) is 24.7 Å². The van der Waals surface area contributed by atoms with Gasteiger partial charge in [0.2, 0.25) is 5.95 Å². The molecule has 0 amide bonds. The maximum absolute atomic E-state index is 10.4. The van der Waals surface area contributed by atoms with Crippen LogP contribution in [0.2, 0.25) is 0 Å². The molecule has 1 aromatic heterocycles. The fourth-order valence-electron chi connectivity index (χ4n) is 3.74. The van der Waals surface area contributed by atoms with Crippen LogP contribution in [0.5, 0.6) is 11.5 Å². The van der Waals surface area contributed by atoms with Gasteiger partial charge in [0.1, 0.15) is 11.5 Å². The van der Waals surface area contributed by atoms with E-state index in [4.69, 9.17) is 4.74 Å². The number of anilines is 1. The molecule has 0 aliphatic rings. The van der Waals surface area contributed by atoms with Crippen molar-refractivity contribution in [1.82, 2.24) is 9.97 Å². The third-order valence-electron chi connectivity index (χ3n) is 5.49. The zero-order chi connectivity index (χ0) is 23.3. The number of phenolic OH excluding ortho intramolecular Hbond substituents is 1. The Hall–Kier alpha value is -4.71. The summed E-state index contributed by atoms with van der Waals surface area (Å²) in [6, 6.07) is 30.9. The number of phenols is 1. The van der Waals surface area contributed by atoms with Crippen molar-refractivity contribution >= 4 is 22.9 Å². The SMILES string of the molecule is COc1ccc(-c2cc(-c3ccccc3)nc(N/N=C/c3c(O)ccc4ccccc34)n2)cc1. The molecule has 34 heavy (non-hydrogen) atoms. The Balaban J connectivity index is 1.51. The molecular formula is C28H22N4O2. The molecule has 5 aromatic rings. The van der Waals surface area contributed by atoms with Gasteiger partial charge in [-0.3, -0.25) is 0 Å². The second-order valence-corrected chi connectivity index (χ2v) is 7.65. The van der Waals surface area contributed by atoms with E-state index in [2.05, 4.69) is 20.5 Å². The van der Waals surface area contributed by atoms with Crippen LogP contribution in [0.1, 0.15) is 5.56 Å². The van der Waals surface area contributed by atoms with Crippen LogP contribution in [0, 0.1) is 0 Å². The Labute approximate surface area is 197 Å². The van der Waals surface area contributed by atoms with Crippen LogP contribution in [0.15, 0.2) is 102 Å². The molecular weight excluding hydrogens is 424 g/mol. The van der Waals surface area contributed by atoms with Crippen LogP contribution in [-0.4, -0.2) is 28.4 Å². The van der Waals surface area contributed by atoms with Gasteiger partial charge < -0.3 is 9.84 Å². The van der Waals surface area contributed by atoms with Gasteiger partial charge in [-0.25, -0.2) is 15.4 Å². The zero-order valence-corrected chi connectivity index (χ0v) is 18.5. The van der Waals surface area contributed by atoms with Crippen molar-refractivity contribution in [1.29, 1.82) is 0 Å². The lowest BCUT2D eigenvalue weighted by atomic mass is 10.0. The smallest absolute Gasteiger partial charge is 0.244 e. The Morgan fingerprint density at radius 3 is 2.21 bits per heavy atom. The van der Waals surface area contributed by atoms with E-state index < -0.39 is 0 Å². The number of aromatic nitrogens is 2. The highest BCUT2D eigenvalue weighted by Crippen LogP contribution is 2.27. The maximum Gasteiger partial charge on any atom is 0.244 e. The summed E-state index contributed by atoms with van der Waals surface area (Å²) in [6.07, 6.45) is 1.59. The number of nitrogens with one attached hydrogen (secondary N) is 1. The quantitative estimate of drug-likeness (QED) is 0.242. The van der Waals surface area contributed by atoms with E-state index in [-0.39, 0.29) is 5.75 Å². The van der Waals surface area contributed by atoms with Gasteiger partial charge in [-0.1, -0.05) is 60.7 Å². The molecule has 2 N–H and O–H groups in total. The second kappa shape index (κ2) is 9.42. The predicted molar refractivity (Wildman–Crippen MR) is 136 cm³/mol. The van der Waals surface area contributed by atoms with Crippen molar-refractivity contribution < 1.29 is 9.84 Å². The van der Waals surface area contributed by atoms with Crippen molar-refractivity contribution in [2.75, 3.05) is 12.5 Å². The minimum absolute atomic E-state index is 0.155. The standard InChI is InChI=1S/C28H22N4O2/c1-34-22-14-11-21(12-15-22)26-17-25(20-8-3-2-4-9-20)30-28(31-26)32-29-18-24-23-10-6-5-7-19(23)13-16-27(24)33/h2-18,33H,1H3,(H,30,31,32)/b29-18+. The average Bonchev–Trinajstić information content (AvgIpc) is 2.90. The van der Waals surface area contributed by atoms with E-state index in [1.807, 2.05) is 91.0 Å². The number of hydrazone groups is 1. The van der Waals surface area contributed by atoms with E-state index in [0.717, 1.165) is 39.0 Å². The van der Waals surface area contributed by atoms with Crippen LogP contribution in [-0.2, 0) is 0 Å². The summed E-state index contributed by atoms with van der Waals surface area (Å²) in [5.41, 5.74) is 6.99. The average molecular weight is 447 g/mol. The summed E-state index contributed by atoms with van der Waals surface area (Å²) in [7, 11) is 1.64. The second-order valence-electron chi connectivity index (χ2n) is 7.65. The largest absolute Gasteiger partial charge is 0.507 e. The molecule has 6 nitrogen and oxygen atoms in total. The van der Waals surface area contributed by atoms with Gasteiger partial charge in [0, 0.05) is 16.7 Å². The molecule has 0 fully saturated rings.